The molecule has 31 heavy (non-hydrogen) atoms. The van der Waals surface area contributed by atoms with Gasteiger partial charge in [0, 0.05) is 36.2 Å². The van der Waals surface area contributed by atoms with Crippen molar-refractivity contribution in [1.82, 2.24) is 24.2 Å². The first kappa shape index (κ1) is 20.4. The van der Waals surface area contributed by atoms with Crippen LogP contribution in [0.5, 0.6) is 0 Å². The maximum Gasteiger partial charge on any atom is 0.262 e. The highest BCUT2D eigenvalue weighted by Gasteiger charge is 2.28. The summed E-state index contributed by atoms with van der Waals surface area (Å²) < 4.78 is 3.63. The van der Waals surface area contributed by atoms with Gasteiger partial charge in [-0.05, 0) is 57.4 Å². The van der Waals surface area contributed by atoms with Crippen LogP contribution in [0.25, 0.3) is 10.2 Å². The van der Waals surface area contributed by atoms with Gasteiger partial charge in [0.25, 0.3) is 11.5 Å². The van der Waals surface area contributed by atoms with E-state index >= 15 is 0 Å². The van der Waals surface area contributed by atoms with E-state index in [2.05, 4.69) is 17.0 Å². The molecular formula is C23H29N5O2S. The third-order valence-corrected chi connectivity index (χ3v) is 7.93. The molecule has 0 spiro atoms. The van der Waals surface area contributed by atoms with Crippen LogP contribution in [-0.4, -0.2) is 43.2 Å². The number of carbonyl (C=O) groups excluding carboxylic acids is 1. The second kappa shape index (κ2) is 7.89. The first-order valence-corrected chi connectivity index (χ1v) is 12.1. The van der Waals surface area contributed by atoms with Crippen LogP contribution in [-0.2, 0) is 12.8 Å². The molecule has 0 aromatic carbocycles. The van der Waals surface area contributed by atoms with Gasteiger partial charge in [-0.25, -0.2) is 4.98 Å². The fourth-order valence-corrected chi connectivity index (χ4v) is 6.21. The fraction of sp³-hybridized carbons (Fsp3) is 0.565. The summed E-state index contributed by atoms with van der Waals surface area (Å²) in [5, 5.41) is 5.13. The lowest BCUT2D eigenvalue weighted by molar-refractivity contribution is 0.0693. The maximum atomic E-state index is 13.4. The number of aromatic nitrogens is 4. The van der Waals surface area contributed by atoms with E-state index in [1.165, 1.54) is 10.4 Å². The van der Waals surface area contributed by atoms with Crippen molar-refractivity contribution >= 4 is 27.5 Å². The zero-order valence-electron chi connectivity index (χ0n) is 18.4. The normalized spacial score (nSPS) is 19.9. The summed E-state index contributed by atoms with van der Waals surface area (Å²) >= 11 is 1.69. The Morgan fingerprint density at radius 3 is 2.71 bits per heavy atom. The Hall–Kier alpha value is -2.48. The summed E-state index contributed by atoms with van der Waals surface area (Å²) in [5.41, 5.74) is 1.96. The molecule has 0 unspecified atom stereocenters. The van der Waals surface area contributed by atoms with Gasteiger partial charge in [0.05, 0.1) is 23.5 Å². The van der Waals surface area contributed by atoms with Crippen LogP contribution in [0.2, 0.25) is 0 Å². The molecule has 2 aliphatic rings. The summed E-state index contributed by atoms with van der Waals surface area (Å²) in [6, 6.07) is 0.317. The minimum absolute atomic E-state index is 0.0206. The molecule has 1 aliphatic heterocycles. The van der Waals surface area contributed by atoms with Gasteiger partial charge in [0.2, 0.25) is 0 Å². The van der Waals surface area contributed by atoms with Gasteiger partial charge >= 0.3 is 0 Å². The molecule has 8 heteroatoms. The van der Waals surface area contributed by atoms with E-state index < -0.39 is 0 Å². The van der Waals surface area contributed by atoms with E-state index in [1.807, 2.05) is 34.2 Å². The molecule has 1 fully saturated rings. The summed E-state index contributed by atoms with van der Waals surface area (Å²) in [5.74, 6) is 0.699. The molecule has 3 aromatic rings. The molecule has 0 saturated carbocycles. The minimum atomic E-state index is 0.0206. The first-order chi connectivity index (χ1) is 14.9. The zero-order valence-corrected chi connectivity index (χ0v) is 19.2. The van der Waals surface area contributed by atoms with Crippen LogP contribution in [0.4, 0.5) is 0 Å². The van der Waals surface area contributed by atoms with Crippen LogP contribution in [0.15, 0.2) is 23.5 Å². The zero-order chi connectivity index (χ0) is 21.7. The van der Waals surface area contributed by atoms with E-state index in [9.17, 15) is 9.59 Å². The number of hydrogen-bond donors (Lipinski definition) is 0. The number of piperidine rings is 1. The molecule has 0 N–H and O–H groups in total. The summed E-state index contributed by atoms with van der Waals surface area (Å²) in [4.78, 5) is 35.0. The lowest BCUT2D eigenvalue weighted by Gasteiger charge is -2.32. The molecule has 5 rings (SSSR count). The lowest BCUT2D eigenvalue weighted by atomic mass is 9.89. The number of nitrogens with zero attached hydrogens (tertiary/aromatic N) is 5. The molecule has 3 aromatic heterocycles. The largest absolute Gasteiger partial charge is 0.338 e. The lowest BCUT2D eigenvalue weighted by Crippen LogP contribution is -2.40. The van der Waals surface area contributed by atoms with Gasteiger partial charge in [0.1, 0.15) is 4.83 Å². The highest BCUT2D eigenvalue weighted by Crippen LogP contribution is 2.36. The van der Waals surface area contributed by atoms with Gasteiger partial charge in [-0.1, -0.05) is 6.92 Å². The Morgan fingerprint density at radius 2 is 2.00 bits per heavy atom. The van der Waals surface area contributed by atoms with Crippen molar-refractivity contribution in [2.24, 2.45) is 5.92 Å². The van der Waals surface area contributed by atoms with Crippen molar-refractivity contribution in [2.45, 2.75) is 65.0 Å². The number of thiophene rings is 1. The van der Waals surface area contributed by atoms with E-state index in [-0.39, 0.29) is 23.6 Å². The SMILES string of the molecule is CC(C)n1cc(C(=O)N2CCC(n3cnc4sc5c(c4c3=O)CC[C@H](C)C5)CC2)cn1. The van der Waals surface area contributed by atoms with Crippen molar-refractivity contribution in [1.29, 1.82) is 0 Å². The fourth-order valence-electron chi connectivity index (χ4n) is 4.86. The predicted octanol–water partition coefficient (Wildman–Crippen LogP) is 3.84. The quantitative estimate of drug-likeness (QED) is 0.622. The topological polar surface area (TPSA) is 73.0 Å². The van der Waals surface area contributed by atoms with Crippen molar-refractivity contribution in [3.63, 3.8) is 0 Å². The molecule has 0 bridgehead atoms. The van der Waals surface area contributed by atoms with Crippen molar-refractivity contribution < 1.29 is 4.79 Å². The monoisotopic (exact) mass is 439 g/mol. The van der Waals surface area contributed by atoms with Crippen LogP contribution in [0, 0.1) is 5.92 Å². The average Bonchev–Trinajstić information content (AvgIpc) is 3.39. The van der Waals surface area contributed by atoms with Crippen LogP contribution < -0.4 is 5.56 Å². The molecular weight excluding hydrogens is 410 g/mol. The molecule has 0 radical (unpaired) electrons. The number of carbonyl (C=O) groups is 1. The second-order valence-electron chi connectivity index (χ2n) is 9.32. The third-order valence-electron chi connectivity index (χ3n) is 6.76. The molecule has 1 atom stereocenters. The number of rotatable bonds is 3. The highest BCUT2D eigenvalue weighted by molar-refractivity contribution is 7.18. The van der Waals surface area contributed by atoms with Crippen molar-refractivity contribution in [3.8, 4) is 0 Å². The second-order valence-corrected chi connectivity index (χ2v) is 10.4. The Kier molecular flexibility index (Phi) is 5.20. The molecule has 1 aliphatic carbocycles. The summed E-state index contributed by atoms with van der Waals surface area (Å²) in [7, 11) is 0. The molecule has 4 heterocycles. The van der Waals surface area contributed by atoms with Crippen molar-refractivity contribution in [3.05, 3.63) is 45.1 Å². The summed E-state index contributed by atoms with van der Waals surface area (Å²) in [6.45, 7) is 7.64. The van der Waals surface area contributed by atoms with Gasteiger partial charge in [-0.3, -0.25) is 18.8 Å². The Bertz CT molecular complexity index is 1180. The Morgan fingerprint density at radius 1 is 1.23 bits per heavy atom. The van der Waals surface area contributed by atoms with Crippen LogP contribution in [0.1, 0.15) is 72.9 Å². The number of likely N-dealkylation sites (tertiary alicyclic amines) is 1. The smallest absolute Gasteiger partial charge is 0.262 e. The third kappa shape index (κ3) is 3.60. The van der Waals surface area contributed by atoms with Crippen molar-refractivity contribution in [2.75, 3.05) is 13.1 Å². The molecule has 164 valence electrons. The van der Waals surface area contributed by atoms with E-state index in [1.54, 1.807) is 23.9 Å². The number of hydrogen-bond acceptors (Lipinski definition) is 5. The minimum Gasteiger partial charge on any atom is -0.338 e. The van der Waals surface area contributed by atoms with Gasteiger partial charge in [0.15, 0.2) is 0 Å². The van der Waals surface area contributed by atoms with Gasteiger partial charge in [-0.15, -0.1) is 11.3 Å². The summed E-state index contributed by atoms with van der Waals surface area (Å²) in [6.07, 6.45) is 9.91. The first-order valence-electron chi connectivity index (χ1n) is 11.3. The van der Waals surface area contributed by atoms with E-state index in [4.69, 9.17) is 0 Å². The number of aryl methyl sites for hydroxylation is 1. The van der Waals surface area contributed by atoms with Crippen LogP contribution in [0.3, 0.4) is 0 Å². The maximum absolute atomic E-state index is 13.4. The van der Waals surface area contributed by atoms with Gasteiger partial charge in [-0.2, -0.15) is 5.10 Å². The average molecular weight is 440 g/mol. The van der Waals surface area contributed by atoms with E-state index in [0.717, 1.165) is 42.3 Å². The molecule has 1 amide bonds. The Balaban J connectivity index is 1.34. The molecule has 1 saturated heterocycles. The van der Waals surface area contributed by atoms with Crippen LogP contribution >= 0.6 is 11.3 Å². The van der Waals surface area contributed by atoms with Gasteiger partial charge < -0.3 is 4.90 Å². The highest BCUT2D eigenvalue weighted by atomic mass is 32.1. The van der Waals surface area contributed by atoms with E-state index in [0.29, 0.717) is 24.6 Å². The number of fused-ring (bicyclic) bond motifs is 3. The Labute approximate surface area is 185 Å². The number of amides is 1. The standard InChI is InChI=1S/C23H29N5O2S/c1-14(2)28-12-16(11-25-28)22(29)26-8-6-17(7-9-26)27-13-24-21-20(23(27)30)18-5-4-15(3)10-19(18)31-21/h11-15,17H,4-10H2,1-3H3/t15-/m0/s1. The predicted molar refractivity (Wildman–Crippen MR) is 122 cm³/mol. The molecule has 7 nitrogen and oxygen atoms in total.